The number of aromatic nitrogens is 3. The van der Waals surface area contributed by atoms with Crippen molar-refractivity contribution >= 4 is 29.2 Å². The van der Waals surface area contributed by atoms with Crippen LogP contribution in [0.5, 0.6) is 0 Å². The molecule has 0 aliphatic rings. The zero-order valence-corrected chi connectivity index (χ0v) is 9.63. The van der Waals surface area contributed by atoms with E-state index in [9.17, 15) is 9.59 Å². The van der Waals surface area contributed by atoms with Gasteiger partial charge >= 0.3 is 11.9 Å². The van der Waals surface area contributed by atoms with E-state index in [4.69, 9.17) is 16.7 Å². The molecule has 1 heterocycles. The van der Waals surface area contributed by atoms with Gasteiger partial charge in [-0.1, -0.05) is 11.6 Å². The second-order valence-electron chi connectivity index (χ2n) is 3.26. The van der Waals surface area contributed by atoms with E-state index < -0.39 is 11.9 Å². The summed E-state index contributed by atoms with van der Waals surface area (Å²) in [5.41, 5.74) is 0.701. The van der Waals surface area contributed by atoms with Gasteiger partial charge in [0.05, 0.1) is 11.4 Å². The molecule has 0 saturated heterocycles. The van der Waals surface area contributed by atoms with E-state index in [0.29, 0.717) is 10.7 Å². The van der Waals surface area contributed by atoms with Crippen LogP contribution in [0.4, 0.5) is 5.69 Å². The first-order valence-corrected chi connectivity index (χ1v) is 5.14. The van der Waals surface area contributed by atoms with Crippen LogP contribution in [0.15, 0.2) is 30.9 Å². The third-order valence-electron chi connectivity index (χ3n) is 2.07. The van der Waals surface area contributed by atoms with Gasteiger partial charge in [0, 0.05) is 5.02 Å². The number of carboxylic acid groups (broad SMARTS) is 1. The standard InChI is InChI=1S/C10H7ClN4O3/c11-6-1-2-8(15-5-12-4-13-15)7(3-6)14-9(16)10(17)18/h1-5H,(H,14,16)(H,17,18). The number of benzene rings is 1. The van der Waals surface area contributed by atoms with Gasteiger partial charge < -0.3 is 10.4 Å². The average Bonchev–Trinajstić information content (AvgIpc) is 2.82. The molecule has 7 nitrogen and oxygen atoms in total. The third kappa shape index (κ3) is 2.46. The van der Waals surface area contributed by atoms with E-state index in [0.717, 1.165) is 0 Å². The molecule has 0 spiro atoms. The Morgan fingerprint density at radius 2 is 2.17 bits per heavy atom. The predicted molar refractivity (Wildman–Crippen MR) is 62.6 cm³/mol. The summed E-state index contributed by atoms with van der Waals surface area (Å²) < 4.78 is 1.38. The second kappa shape index (κ2) is 4.84. The van der Waals surface area contributed by atoms with Gasteiger partial charge in [0.2, 0.25) is 0 Å². The van der Waals surface area contributed by atoms with Gasteiger partial charge in [-0.3, -0.25) is 4.79 Å². The van der Waals surface area contributed by atoms with Crippen LogP contribution in [0, 0.1) is 0 Å². The van der Waals surface area contributed by atoms with Gasteiger partial charge in [-0.05, 0) is 18.2 Å². The molecule has 1 aromatic heterocycles. The highest BCUT2D eigenvalue weighted by Crippen LogP contribution is 2.23. The number of carboxylic acids is 1. The maximum atomic E-state index is 11.1. The lowest BCUT2D eigenvalue weighted by Gasteiger charge is -2.09. The molecule has 1 aromatic carbocycles. The summed E-state index contributed by atoms with van der Waals surface area (Å²) in [5, 5.41) is 15.0. The first-order valence-electron chi connectivity index (χ1n) is 4.77. The monoisotopic (exact) mass is 266 g/mol. The molecule has 0 aliphatic carbocycles. The Labute approximate surface area is 106 Å². The Hall–Kier alpha value is -2.41. The van der Waals surface area contributed by atoms with E-state index in [2.05, 4.69) is 15.4 Å². The number of carbonyl (C=O) groups excluding carboxylic acids is 1. The van der Waals surface area contributed by atoms with Crippen molar-refractivity contribution in [1.82, 2.24) is 14.8 Å². The summed E-state index contributed by atoms with van der Waals surface area (Å²) in [5.74, 6) is -2.74. The summed E-state index contributed by atoms with van der Waals surface area (Å²) >= 11 is 5.80. The number of nitrogens with zero attached hydrogens (tertiary/aromatic N) is 3. The highest BCUT2D eigenvalue weighted by atomic mass is 35.5. The second-order valence-corrected chi connectivity index (χ2v) is 3.70. The van der Waals surface area contributed by atoms with Gasteiger partial charge in [0.15, 0.2) is 0 Å². The quantitative estimate of drug-likeness (QED) is 0.789. The van der Waals surface area contributed by atoms with E-state index in [1.165, 1.54) is 23.4 Å². The molecular weight excluding hydrogens is 260 g/mol. The minimum absolute atomic E-state index is 0.236. The Balaban J connectivity index is 2.42. The topological polar surface area (TPSA) is 97.1 Å². The Bertz CT molecular complexity index is 597. The molecule has 0 atom stereocenters. The fraction of sp³-hybridized carbons (Fsp3) is 0. The minimum Gasteiger partial charge on any atom is -0.474 e. The lowest BCUT2D eigenvalue weighted by molar-refractivity contribution is -0.147. The van der Waals surface area contributed by atoms with Crippen molar-refractivity contribution < 1.29 is 14.7 Å². The Kier molecular flexibility index (Phi) is 3.24. The molecule has 2 N–H and O–H groups in total. The SMILES string of the molecule is O=C(O)C(=O)Nc1cc(Cl)ccc1-n1cncn1. The summed E-state index contributed by atoms with van der Waals surface area (Å²) in [6, 6.07) is 4.61. The maximum Gasteiger partial charge on any atom is 0.394 e. The number of anilines is 1. The normalized spacial score (nSPS) is 10.1. The van der Waals surface area contributed by atoms with Crippen LogP contribution in [0.2, 0.25) is 5.02 Å². The van der Waals surface area contributed by atoms with Crippen LogP contribution in [0.25, 0.3) is 5.69 Å². The molecular formula is C10H7ClN4O3. The number of amides is 1. The van der Waals surface area contributed by atoms with Crippen LogP contribution in [0.3, 0.4) is 0 Å². The molecule has 2 aromatic rings. The fourth-order valence-corrected chi connectivity index (χ4v) is 1.49. The predicted octanol–water partition coefficient (Wildman–Crippen LogP) is 0.944. The van der Waals surface area contributed by atoms with Crippen LogP contribution >= 0.6 is 11.6 Å². The molecule has 0 unspecified atom stereocenters. The summed E-state index contributed by atoms with van der Waals surface area (Å²) in [7, 11) is 0. The van der Waals surface area contributed by atoms with Crippen molar-refractivity contribution in [1.29, 1.82) is 0 Å². The van der Waals surface area contributed by atoms with Crippen molar-refractivity contribution in [2.45, 2.75) is 0 Å². The largest absolute Gasteiger partial charge is 0.474 e. The van der Waals surface area contributed by atoms with Crippen molar-refractivity contribution in [3.8, 4) is 5.69 Å². The van der Waals surface area contributed by atoms with Gasteiger partial charge in [-0.25, -0.2) is 14.5 Å². The lowest BCUT2D eigenvalue weighted by atomic mass is 10.2. The van der Waals surface area contributed by atoms with Crippen molar-refractivity contribution in [3.05, 3.63) is 35.9 Å². The number of rotatable bonds is 2. The van der Waals surface area contributed by atoms with Gasteiger partial charge in [0.25, 0.3) is 0 Å². The summed E-state index contributed by atoms with van der Waals surface area (Å²) in [6.45, 7) is 0. The zero-order chi connectivity index (χ0) is 13.1. The molecule has 8 heteroatoms. The van der Waals surface area contributed by atoms with Crippen LogP contribution < -0.4 is 5.32 Å². The molecule has 1 amide bonds. The number of hydrogen-bond acceptors (Lipinski definition) is 4. The molecule has 92 valence electrons. The number of carbonyl (C=O) groups is 2. The molecule has 0 saturated carbocycles. The summed E-state index contributed by atoms with van der Waals surface area (Å²) in [4.78, 5) is 25.4. The van der Waals surface area contributed by atoms with Crippen molar-refractivity contribution in [2.75, 3.05) is 5.32 Å². The fourth-order valence-electron chi connectivity index (χ4n) is 1.32. The number of nitrogens with one attached hydrogen (secondary N) is 1. The number of aliphatic carboxylic acids is 1. The van der Waals surface area contributed by atoms with Gasteiger partial charge in [-0.2, -0.15) is 5.10 Å². The van der Waals surface area contributed by atoms with E-state index in [1.807, 2.05) is 0 Å². The van der Waals surface area contributed by atoms with Crippen LogP contribution in [-0.4, -0.2) is 31.7 Å². The lowest BCUT2D eigenvalue weighted by Crippen LogP contribution is -2.22. The smallest absolute Gasteiger partial charge is 0.394 e. The number of halogens is 1. The molecule has 0 aliphatic heterocycles. The van der Waals surface area contributed by atoms with Crippen LogP contribution in [-0.2, 0) is 9.59 Å². The van der Waals surface area contributed by atoms with Gasteiger partial charge in [-0.15, -0.1) is 0 Å². The van der Waals surface area contributed by atoms with Crippen LogP contribution in [0.1, 0.15) is 0 Å². The highest BCUT2D eigenvalue weighted by Gasteiger charge is 2.15. The van der Waals surface area contributed by atoms with Gasteiger partial charge in [0.1, 0.15) is 12.7 Å². The van der Waals surface area contributed by atoms with E-state index in [-0.39, 0.29) is 5.69 Å². The van der Waals surface area contributed by atoms with Crippen molar-refractivity contribution in [3.63, 3.8) is 0 Å². The average molecular weight is 267 g/mol. The first kappa shape index (κ1) is 12.1. The molecule has 18 heavy (non-hydrogen) atoms. The molecule has 2 rings (SSSR count). The Morgan fingerprint density at radius 3 is 2.78 bits per heavy atom. The van der Waals surface area contributed by atoms with Crippen molar-refractivity contribution in [2.24, 2.45) is 0 Å². The molecule has 0 radical (unpaired) electrons. The first-order chi connectivity index (χ1) is 8.58. The highest BCUT2D eigenvalue weighted by molar-refractivity contribution is 6.37. The summed E-state index contributed by atoms with van der Waals surface area (Å²) in [6.07, 6.45) is 2.73. The van der Waals surface area contributed by atoms with E-state index in [1.54, 1.807) is 12.1 Å². The zero-order valence-electron chi connectivity index (χ0n) is 8.87. The molecule has 0 fully saturated rings. The minimum atomic E-state index is -1.58. The third-order valence-corrected chi connectivity index (χ3v) is 2.30. The van der Waals surface area contributed by atoms with E-state index >= 15 is 0 Å². The molecule has 0 bridgehead atoms. The Morgan fingerprint density at radius 1 is 1.39 bits per heavy atom. The number of hydrogen-bond donors (Lipinski definition) is 2. The maximum absolute atomic E-state index is 11.1.